The molecule has 0 atom stereocenters. The van der Waals surface area contributed by atoms with E-state index < -0.39 is 0 Å². The molecule has 1 aromatic carbocycles. The Hall–Kier alpha value is -2.82. The molecule has 3 aromatic rings. The first-order valence-electron chi connectivity index (χ1n) is 6.15. The first kappa shape index (κ1) is 12.2. The second-order valence-corrected chi connectivity index (χ2v) is 4.40. The first-order valence-corrected chi connectivity index (χ1v) is 6.15. The fourth-order valence-corrected chi connectivity index (χ4v) is 2.17. The summed E-state index contributed by atoms with van der Waals surface area (Å²) < 4.78 is 1.57. The van der Waals surface area contributed by atoms with Gasteiger partial charge in [-0.05, 0) is 35.5 Å². The van der Waals surface area contributed by atoms with Gasteiger partial charge in [-0.15, -0.1) is 4.91 Å². The lowest BCUT2D eigenvalue weighted by Gasteiger charge is -2.07. The number of hydrogen-bond acceptors (Lipinski definition) is 4. The van der Waals surface area contributed by atoms with Crippen molar-refractivity contribution < 1.29 is 0 Å². The van der Waals surface area contributed by atoms with Crippen LogP contribution in [0.4, 0.5) is 5.69 Å². The molecule has 0 unspecified atom stereocenters. The highest BCUT2D eigenvalue weighted by molar-refractivity contribution is 5.91. The van der Waals surface area contributed by atoms with E-state index in [-0.39, 0.29) is 11.2 Å². The standard InChI is InChI=1S/C15H11N3O2/c19-15-13-5-3-6-14(17-20)12(13)7-9-18(15)10-11-4-1-2-8-16-11/h1-9H,10H2. The maximum Gasteiger partial charge on any atom is 0.258 e. The molecule has 5 nitrogen and oxygen atoms in total. The summed E-state index contributed by atoms with van der Waals surface area (Å²) in [6.07, 6.45) is 3.35. The Morgan fingerprint density at radius 2 is 1.95 bits per heavy atom. The minimum atomic E-state index is -0.154. The van der Waals surface area contributed by atoms with Gasteiger partial charge in [-0.2, -0.15) is 0 Å². The normalized spacial score (nSPS) is 10.6. The molecule has 0 fully saturated rings. The molecule has 0 radical (unpaired) electrons. The Morgan fingerprint density at radius 1 is 1.05 bits per heavy atom. The highest BCUT2D eigenvalue weighted by atomic mass is 16.3. The van der Waals surface area contributed by atoms with Crippen molar-refractivity contribution in [3.05, 3.63) is 75.8 Å². The predicted octanol–water partition coefficient (Wildman–Crippen LogP) is 2.84. The largest absolute Gasteiger partial charge is 0.309 e. The molecule has 3 rings (SSSR count). The van der Waals surface area contributed by atoms with E-state index in [4.69, 9.17) is 0 Å². The molecule has 0 bridgehead atoms. The van der Waals surface area contributed by atoms with Gasteiger partial charge in [-0.25, -0.2) is 0 Å². The fourth-order valence-electron chi connectivity index (χ4n) is 2.17. The van der Waals surface area contributed by atoms with E-state index in [9.17, 15) is 9.70 Å². The van der Waals surface area contributed by atoms with Crippen LogP contribution in [-0.2, 0) is 6.54 Å². The van der Waals surface area contributed by atoms with Gasteiger partial charge in [0, 0.05) is 23.2 Å². The van der Waals surface area contributed by atoms with Crippen LogP contribution in [0.2, 0.25) is 0 Å². The average Bonchev–Trinajstić information content (AvgIpc) is 2.51. The van der Waals surface area contributed by atoms with Gasteiger partial charge < -0.3 is 4.57 Å². The van der Waals surface area contributed by atoms with E-state index in [0.29, 0.717) is 17.3 Å². The van der Waals surface area contributed by atoms with E-state index in [1.165, 1.54) is 0 Å². The number of hydrogen-bond donors (Lipinski definition) is 0. The number of benzene rings is 1. The summed E-state index contributed by atoms with van der Waals surface area (Å²) in [5.74, 6) is 0. The molecule has 5 heteroatoms. The highest BCUT2D eigenvalue weighted by Crippen LogP contribution is 2.23. The predicted molar refractivity (Wildman–Crippen MR) is 77.0 cm³/mol. The van der Waals surface area contributed by atoms with Gasteiger partial charge in [0.1, 0.15) is 5.69 Å². The second kappa shape index (κ2) is 5.05. The Morgan fingerprint density at radius 3 is 2.70 bits per heavy atom. The van der Waals surface area contributed by atoms with E-state index >= 15 is 0 Å². The molecule has 0 saturated heterocycles. The highest BCUT2D eigenvalue weighted by Gasteiger charge is 2.07. The van der Waals surface area contributed by atoms with Crippen molar-refractivity contribution in [1.29, 1.82) is 0 Å². The maximum absolute atomic E-state index is 12.4. The SMILES string of the molecule is O=Nc1cccc2c(=O)n(Cc3ccccn3)ccc12. The van der Waals surface area contributed by atoms with Crippen LogP contribution in [0.3, 0.4) is 0 Å². The van der Waals surface area contributed by atoms with Crippen molar-refractivity contribution in [1.82, 2.24) is 9.55 Å². The van der Waals surface area contributed by atoms with Crippen LogP contribution in [0, 0.1) is 4.91 Å². The average molecular weight is 265 g/mol. The molecule has 2 heterocycles. The molecule has 0 aliphatic carbocycles. The minimum absolute atomic E-state index is 0.154. The molecule has 0 aliphatic rings. The van der Waals surface area contributed by atoms with Gasteiger partial charge in [0.2, 0.25) is 0 Å². The number of nitroso groups, excluding NO2 is 1. The Balaban J connectivity index is 2.13. The molecule has 0 N–H and O–H groups in total. The van der Waals surface area contributed by atoms with Gasteiger partial charge >= 0.3 is 0 Å². The van der Waals surface area contributed by atoms with Crippen LogP contribution in [0.15, 0.2) is 64.8 Å². The van der Waals surface area contributed by atoms with Crippen molar-refractivity contribution in [2.45, 2.75) is 6.54 Å². The Labute approximate surface area is 114 Å². The summed E-state index contributed by atoms with van der Waals surface area (Å²) in [6.45, 7) is 0.397. The molecule has 0 aliphatic heterocycles. The lowest BCUT2D eigenvalue weighted by atomic mass is 10.1. The third-order valence-electron chi connectivity index (χ3n) is 3.15. The zero-order valence-electron chi connectivity index (χ0n) is 10.6. The van der Waals surface area contributed by atoms with Crippen LogP contribution < -0.4 is 5.56 Å². The third kappa shape index (κ3) is 2.09. The van der Waals surface area contributed by atoms with Gasteiger partial charge in [0.05, 0.1) is 12.2 Å². The van der Waals surface area contributed by atoms with E-state index in [0.717, 1.165) is 5.69 Å². The summed E-state index contributed by atoms with van der Waals surface area (Å²) >= 11 is 0. The van der Waals surface area contributed by atoms with E-state index in [2.05, 4.69) is 10.2 Å². The van der Waals surface area contributed by atoms with Gasteiger partial charge in [-0.3, -0.25) is 9.78 Å². The van der Waals surface area contributed by atoms with E-state index in [1.54, 1.807) is 41.2 Å². The van der Waals surface area contributed by atoms with Crippen LogP contribution >= 0.6 is 0 Å². The molecule has 0 amide bonds. The number of pyridine rings is 2. The van der Waals surface area contributed by atoms with Crippen LogP contribution in [0.5, 0.6) is 0 Å². The molecule has 0 spiro atoms. The Bertz CT molecular complexity index is 825. The van der Waals surface area contributed by atoms with Crippen molar-refractivity contribution in [3.8, 4) is 0 Å². The summed E-state index contributed by atoms with van der Waals surface area (Å²) in [7, 11) is 0. The minimum Gasteiger partial charge on any atom is -0.309 e. The molecular formula is C15H11N3O2. The van der Waals surface area contributed by atoms with Crippen molar-refractivity contribution >= 4 is 16.5 Å². The zero-order valence-corrected chi connectivity index (χ0v) is 10.6. The molecule has 0 saturated carbocycles. The summed E-state index contributed by atoms with van der Waals surface area (Å²) in [5.41, 5.74) is 0.932. The molecule has 2 aromatic heterocycles. The topological polar surface area (TPSA) is 64.3 Å². The van der Waals surface area contributed by atoms with E-state index in [1.807, 2.05) is 18.2 Å². The second-order valence-electron chi connectivity index (χ2n) is 4.40. The lowest BCUT2D eigenvalue weighted by Crippen LogP contribution is -2.20. The van der Waals surface area contributed by atoms with Gasteiger partial charge in [0.15, 0.2) is 0 Å². The number of nitrogens with zero attached hydrogens (tertiary/aromatic N) is 3. The Kier molecular flexibility index (Phi) is 3.09. The molecule has 20 heavy (non-hydrogen) atoms. The lowest BCUT2D eigenvalue weighted by molar-refractivity contribution is 0.747. The van der Waals surface area contributed by atoms with Gasteiger partial charge in [-0.1, -0.05) is 12.1 Å². The van der Waals surface area contributed by atoms with Crippen molar-refractivity contribution in [2.75, 3.05) is 0 Å². The first-order chi connectivity index (χ1) is 9.79. The molecular weight excluding hydrogens is 254 g/mol. The van der Waals surface area contributed by atoms with Crippen LogP contribution in [0.1, 0.15) is 5.69 Å². The summed E-state index contributed by atoms with van der Waals surface area (Å²) in [5, 5.41) is 4.00. The quantitative estimate of drug-likeness (QED) is 0.684. The summed E-state index contributed by atoms with van der Waals surface area (Å²) in [4.78, 5) is 27.3. The third-order valence-corrected chi connectivity index (χ3v) is 3.15. The zero-order chi connectivity index (χ0) is 13.9. The van der Waals surface area contributed by atoms with Gasteiger partial charge in [0.25, 0.3) is 5.56 Å². The van der Waals surface area contributed by atoms with Crippen molar-refractivity contribution in [2.24, 2.45) is 5.18 Å². The smallest absolute Gasteiger partial charge is 0.258 e. The fraction of sp³-hybridized carbons (Fsp3) is 0.0667. The maximum atomic E-state index is 12.4. The number of aromatic nitrogens is 2. The number of fused-ring (bicyclic) bond motifs is 1. The summed E-state index contributed by atoms with van der Waals surface area (Å²) in [6, 6.07) is 12.2. The van der Waals surface area contributed by atoms with Crippen LogP contribution in [0.25, 0.3) is 10.8 Å². The van der Waals surface area contributed by atoms with Crippen LogP contribution in [-0.4, -0.2) is 9.55 Å². The van der Waals surface area contributed by atoms with Crippen molar-refractivity contribution in [3.63, 3.8) is 0 Å². The molecule has 98 valence electrons. The number of rotatable bonds is 3. The monoisotopic (exact) mass is 265 g/mol.